The molecule has 0 saturated carbocycles. The summed E-state index contributed by atoms with van der Waals surface area (Å²) >= 11 is 3.31. The Morgan fingerprint density at radius 2 is 2.11 bits per heavy atom. The smallest absolute Gasteiger partial charge is 0.331 e. The Morgan fingerprint density at radius 1 is 1.47 bits per heavy atom. The van der Waals surface area contributed by atoms with E-state index in [0.717, 1.165) is 0 Å². The lowest BCUT2D eigenvalue weighted by molar-refractivity contribution is -0.148. The van der Waals surface area contributed by atoms with Crippen molar-refractivity contribution in [2.75, 3.05) is 7.11 Å². The molecule has 0 aromatic heterocycles. The first-order valence-electron chi connectivity index (χ1n) is 5.71. The van der Waals surface area contributed by atoms with Crippen molar-refractivity contribution < 1.29 is 19.4 Å². The van der Waals surface area contributed by atoms with Crippen LogP contribution in [0.4, 0.5) is 0 Å². The highest BCUT2D eigenvalue weighted by Crippen LogP contribution is 2.31. The third-order valence-corrected chi connectivity index (χ3v) is 3.47. The van der Waals surface area contributed by atoms with E-state index in [1.165, 1.54) is 12.0 Å². The maximum absolute atomic E-state index is 11.5. The molecule has 5 nitrogen and oxygen atoms in total. The Balaban J connectivity index is 3.33. The van der Waals surface area contributed by atoms with Gasteiger partial charge in [0.1, 0.15) is 5.75 Å². The van der Waals surface area contributed by atoms with Crippen LogP contribution in [0.2, 0.25) is 0 Å². The second-order valence-corrected chi connectivity index (χ2v) is 5.13. The number of carboxylic acid groups (broad SMARTS) is 1. The van der Waals surface area contributed by atoms with Gasteiger partial charge in [0.15, 0.2) is 6.04 Å². The van der Waals surface area contributed by atoms with Crippen LogP contribution in [0.15, 0.2) is 22.7 Å². The van der Waals surface area contributed by atoms with Crippen molar-refractivity contribution in [1.29, 1.82) is 0 Å². The van der Waals surface area contributed by atoms with Crippen LogP contribution in [-0.2, 0) is 9.59 Å². The fraction of sp³-hybridized carbons (Fsp3) is 0.385. The largest absolute Gasteiger partial charge is 0.497 e. The number of ether oxygens (including phenoxy) is 1. The summed E-state index contributed by atoms with van der Waals surface area (Å²) in [6.45, 7) is 3.52. The monoisotopic (exact) mass is 329 g/mol. The van der Waals surface area contributed by atoms with Gasteiger partial charge in [-0.3, -0.25) is 4.79 Å². The lowest BCUT2D eigenvalue weighted by Gasteiger charge is -2.29. The van der Waals surface area contributed by atoms with Crippen LogP contribution in [0, 0.1) is 0 Å². The molecule has 1 amide bonds. The Bertz CT molecular complexity index is 476. The predicted molar refractivity (Wildman–Crippen MR) is 74.1 cm³/mol. The molecule has 1 N–H and O–H groups in total. The highest BCUT2D eigenvalue weighted by atomic mass is 79.9. The van der Waals surface area contributed by atoms with E-state index >= 15 is 0 Å². The van der Waals surface area contributed by atoms with Crippen LogP contribution in [0.1, 0.15) is 25.5 Å². The van der Waals surface area contributed by atoms with Crippen molar-refractivity contribution in [2.24, 2.45) is 0 Å². The predicted octanol–water partition coefficient (Wildman–Crippen LogP) is 2.45. The molecule has 19 heavy (non-hydrogen) atoms. The first kappa shape index (κ1) is 15.5. The molecule has 1 aromatic carbocycles. The van der Waals surface area contributed by atoms with Gasteiger partial charge in [0, 0.05) is 16.1 Å². The topological polar surface area (TPSA) is 66.8 Å². The van der Waals surface area contributed by atoms with Crippen LogP contribution in [-0.4, -0.2) is 35.5 Å². The van der Waals surface area contributed by atoms with Crippen LogP contribution in [0.3, 0.4) is 0 Å². The number of methoxy groups -OCH3 is 1. The average molecular weight is 330 g/mol. The van der Waals surface area contributed by atoms with Gasteiger partial charge < -0.3 is 14.7 Å². The molecule has 104 valence electrons. The number of hydrogen-bond donors (Lipinski definition) is 1. The third-order valence-electron chi connectivity index (χ3n) is 2.75. The summed E-state index contributed by atoms with van der Waals surface area (Å²) < 4.78 is 5.71. The zero-order valence-corrected chi connectivity index (χ0v) is 12.5. The maximum atomic E-state index is 11.5. The zero-order valence-electron chi connectivity index (χ0n) is 11.0. The van der Waals surface area contributed by atoms with Gasteiger partial charge in [-0.2, -0.15) is 0 Å². The van der Waals surface area contributed by atoms with Crippen molar-refractivity contribution in [1.82, 2.24) is 4.90 Å². The standard InChI is InChI=1S/C13H16BrNO4/c1-8(2)15(7-16)12(13(17)18)10-6-9(19-3)4-5-11(10)14/h4-8,12H,1-3H3,(H,17,18). The summed E-state index contributed by atoms with van der Waals surface area (Å²) in [6, 6.07) is 3.75. The summed E-state index contributed by atoms with van der Waals surface area (Å²) in [6.07, 6.45) is 0.551. The number of halogens is 1. The number of rotatable bonds is 6. The molecule has 0 spiro atoms. The van der Waals surface area contributed by atoms with Gasteiger partial charge in [-0.1, -0.05) is 15.9 Å². The van der Waals surface area contributed by atoms with E-state index in [1.807, 2.05) is 0 Å². The number of hydrogen-bond acceptors (Lipinski definition) is 3. The molecule has 1 rings (SSSR count). The van der Waals surface area contributed by atoms with Crippen LogP contribution >= 0.6 is 15.9 Å². The van der Waals surface area contributed by atoms with E-state index in [0.29, 0.717) is 22.2 Å². The van der Waals surface area contributed by atoms with E-state index in [2.05, 4.69) is 15.9 Å². The molecule has 0 radical (unpaired) electrons. The number of aliphatic carboxylic acids is 1. The summed E-state index contributed by atoms with van der Waals surface area (Å²) in [4.78, 5) is 23.9. The molecule has 0 aliphatic carbocycles. The Morgan fingerprint density at radius 3 is 2.53 bits per heavy atom. The van der Waals surface area contributed by atoms with E-state index in [4.69, 9.17) is 4.74 Å². The number of carboxylic acids is 1. The molecule has 0 bridgehead atoms. The minimum atomic E-state index is -1.09. The molecule has 6 heteroatoms. The van der Waals surface area contributed by atoms with Crippen molar-refractivity contribution in [2.45, 2.75) is 25.9 Å². The zero-order chi connectivity index (χ0) is 14.6. The quantitative estimate of drug-likeness (QED) is 0.814. The van der Waals surface area contributed by atoms with E-state index < -0.39 is 12.0 Å². The molecule has 1 unspecified atom stereocenters. The molecular formula is C13H16BrNO4. The van der Waals surface area contributed by atoms with Gasteiger partial charge in [-0.15, -0.1) is 0 Å². The molecule has 0 aliphatic heterocycles. The first-order chi connectivity index (χ1) is 8.92. The molecule has 0 heterocycles. The Labute approximate surface area is 120 Å². The Hall–Kier alpha value is -1.56. The van der Waals surface area contributed by atoms with Gasteiger partial charge in [0.2, 0.25) is 6.41 Å². The Kier molecular flexibility index (Phi) is 5.35. The van der Waals surface area contributed by atoms with Gasteiger partial charge in [0.05, 0.1) is 7.11 Å². The first-order valence-corrected chi connectivity index (χ1v) is 6.50. The fourth-order valence-corrected chi connectivity index (χ4v) is 2.22. The lowest BCUT2D eigenvalue weighted by atomic mass is 10.0. The molecule has 1 atom stereocenters. The normalized spacial score (nSPS) is 12.1. The van der Waals surface area contributed by atoms with Crippen molar-refractivity contribution >= 4 is 28.3 Å². The van der Waals surface area contributed by atoms with Crippen molar-refractivity contribution in [3.63, 3.8) is 0 Å². The minimum absolute atomic E-state index is 0.225. The number of benzene rings is 1. The molecule has 0 saturated heterocycles. The third kappa shape index (κ3) is 3.47. The lowest BCUT2D eigenvalue weighted by Crippen LogP contribution is -2.38. The van der Waals surface area contributed by atoms with Gasteiger partial charge in [-0.05, 0) is 32.0 Å². The highest BCUT2D eigenvalue weighted by Gasteiger charge is 2.30. The second-order valence-electron chi connectivity index (χ2n) is 4.27. The summed E-state index contributed by atoms with van der Waals surface area (Å²) in [7, 11) is 1.50. The summed E-state index contributed by atoms with van der Waals surface area (Å²) in [5.41, 5.74) is 0.479. The van der Waals surface area contributed by atoms with Gasteiger partial charge in [0.25, 0.3) is 0 Å². The maximum Gasteiger partial charge on any atom is 0.331 e. The second kappa shape index (κ2) is 6.56. The molecule has 0 aliphatic rings. The average Bonchev–Trinajstić information content (AvgIpc) is 2.36. The fourth-order valence-electron chi connectivity index (χ4n) is 1.76. The number of nitrogens with zero attached hydrogens (tertiary/aromatic N) is 1. The molecule has 1 aromatic rings. The van der Waals surface area contributed by atoms with Gasteiger partial charge >= 0.3 is 5.97 Å². The van der Waals surface area contributed by atoms with Gasteiger partial charge in [-0.25, -0.2) is 4.79 Å². The van der Waals surface area contributed by atoms with Crippen LogP contribution in [0.25, 0.3) is 0 Å². The summed E-state index contributed by atoms with van der Waals surface area (Å²) in [5.74, 6) is -0.547. The SMILES string of the molecule is COc1ccc(Br)c(C(C(=O)O)N(C=O)C(C)C)c1. The molecular weight excluding hydrogens is 314 g/mol. The summed E-state index contributed by atoms with van der Waals surface area (Å²) in [5, 5.41) is 9.40. The van der Waals surface area contributed by atoms with E-state index in [1.54, 1.807) is 32.0 Å². The number of amides is 1. The van der Waals surface area contributed by atoms with Crippen molar-refractivity contribution in [3.05, 3.63) is 28.2 Å². The van der Waals surface area contributed by atoms with E-state index in [-0.39, 0.29) is 6.04 Å². The van der Waals surface area contributed by atoms with Crippen LogP contribution < -0.4 is 4.74 Å². The molecule has 0 fully saturated rings. The highest BCUT2D eigenvalue weighted by molar-refractivity contribution is 9.10. The van der Waals surface area contributed by atoms with Crippen LogP contribution in [0.5, 0.6) is 5.75 Å². The van der Waals surface area contributed by atoms with Crippen molar-refractivity contribution in [3.8, 4) is 5.75 Å². The number of carbonyl (C=O) groups is 2. The number of carbonyl (C=O) groups excluding carboxylic acids is 1. The van der Waals surface area contributed by atoms with E-state index in [9.17, 15) is 14.7 Å². The minimum Gasteiger partial charge on any atom is -0.497 e.